The second-order valence-corrected chi connectivity index (χ2v) is 6.21. The van der Waals surface area contributed by atoms with Crippen molar-refractivity contribution < 1.29 is 4.39 Å². The van der Waals surface area contributed by atoms with E-state index in [1.54, 1.807) is 0 Å². The lowest BCUT2D eigenvalue weighted by Crippen LogP contribution is -2.12. The molecule has 3 nitrogen and oxygen atoms in total. The SMILES string of the molecule is CCc1ncnc(NCC2C(C)(C)C2(C)C)c1F. The number of halogens is 1. The topological polar surface area (TPSA) is 37.8 Å². The van der Waals surface area contributed by atoms with E-state index in [1.807, 2.05) is 6.92 Å². The summed E-state index contributed by atoms with van der Waals surface area (Å²) in [5, 5.41) is 3.13. The van der Waals surface area contributed by atoms with Crippen molar-refractivity contribution in [3.8, 4) is 0 Å². The smallest absolute Gasteiger partial charge is 0.186 e. The van der Waals surface area contributed by atoms with Gasteiger partial charge in [0, 0.05) is 6.54 Å². The van der Waals surface area contributed by atoms with Gasteiger partial charge < -0.3 is 5.32 Å². The molecule has 2 rings (SSSR count). The molecule has 100 valence electrons. The summed E-state index contributed by atoms with van der Waals surface area (Å²) in [6.07, 6.45) is 2.01. The van der Waals surface area contributed by atoms with E-state index in [-0.39, 0.29) is 5.82 Å². The molecule has 0 aliphatic heterocycles. The first-order valence-electron chi connectivity index (χ1n) is 6.55. The maximum absolute atomic E-state index is 13.9. The van der Waals surface area contributed by atoms with Crippen LogP contribution in [0.5, 0.6) is 0 Å². The molecule has 1 aromatic rings. The van der Waals surface area contributed by atoms with Gasteiger partial charge in [-0.25, -0.2) is 14.4 Å². The minimum absolute atomic E-state index is 0.303. The summed E-state index contributed by atoms with van der Waals surface area (Å²) in [5.41, 5.74) is 1.08. The Hall–Kier alpha value is -1.19. The molecule has 0 aromatic carbocycles. The van der Waals surface area contributed by atoms with Crippen LogP contribution in [0.1, 0.15) is 40.3 Å². The largest absolute Gasteiger partial charge is 0.367 e. The van der Waals surface area contributed by atoms with Crippen LogP contribution < -0.4 is 5.32 Å². The molecule has 1 fully saturated rings. The molecule has 0 unspecified atom stereocenters. The Bertz CT molecular complexity index is 440. The zero-order valence-electron chi connectivity index (χ0n) is 11.8. The Morgan fingerprint density at radius 3 is 2.33 bits per heavy atom. The van der Waals surface area contributed by atoms with Crippen LogP contribution in [-0.4, -0.2) is 16.5 Å². The number of aromatic nitrogens is 2. The van der Waals surface area contributed by atoms with Crippen molar-refractivity contribution in [2.45, 2.75) is 41.0 Å². The summed E-state index contributed by atoms with van der Waals surface area (Å²) in [4.78, 5) is 7.92. The summed E-state index contributed by atoms with van der Waals surface area (Å²) in [6, 6.07) is 0. The van der Waals surface area contributed by atoms with Gasteiger partial charge in [-0.1, -0.05) is 34.6 Å². The molecule has 4 heteroatoms. The van der Waals surface area contributed by atoms with Crippen molar-refractivity contribution in [1.82, 2.24) is 9.97 Å². The maximum atomic E-state index is 13.9. The van der Waals surface area contributed by atoms with Crippen molar-refractivity contribution in [3.05, 3.63) is 17.8 Å². The van der Waals surface area contributed by atoms with Gasteiger partial charge in [0.1, 0.15) is 6.33 Å². The molecular weight excluding hydrogens is 229 g/mol. The summed E-state index contributed by atoms with van der Waals surface area (Å²) in [5.74, 6) is 0.570. The van der Waals surface area contributed by atoms with Gasteiger partial charge in [0.25, 0.3) is 0 Å². The van der Waals surface area contributed by atoms with Crippen molar-refractivity contribution >= 4 is 5.82 Å². The van der Waals surface area contributed by atoms with Crippen molar-refractivity contribution in [3.63, 3.8) is 0 Å². The predicted octanol–water partition coefficient (Wildman–Crippen LogP) is 3.27. The summed E-state index contributed by atoms with van der Waals surface area (Å²) >= 11 is 0. The van der Waals surface area contributed by atoms with Gasteiger partial charge in [-0.2, -0.15) is 0 Å². The third kappa shape index (κ3) is 1.88. The molecule has 18 heavy (non-hydrogen) atoms. The maximum Gasteiger partial charge on any atom is 0.186 e. The molecule has 1 aromatic heterocycles. The third-order valence-electron chi connectivity index (χ3n) is 4.99. The van der Waals surface area contributed by atoms with Crippen LogP contribution >= 0.6 is 0 Å². The lowest BCUT2D eigenvalue weighted by atomic mass is 10.0. The third-order valence-corrected chi connectivity index (χ3v) is 4.99. The van der Waals surface area contributed by atoms with Crippen LogP contribution in [0, 0.1) is 22.6 Å². The van der Waals surface area contributed by atoms with Gasteiger partial charge in [0.05, 0.1) is 5.69 Å². The molecule has 1 aliphatic carbocycles. The van der Waals surface area contributed by atoms with Gasteiger partial charge in [-0.05, 0) is 23.2 Å². The standard InChI is InChI=1S/C14H22FN3/c1-6-9-11(15)12(18-8-17-9)16-7-10-13(2,3)14(10,4)5/h8,10H,6-7H2,1-5H3,(H,16,17,18). The zero-order chi connectivity index (χ0) is 13.6. The van der Waals surface area contributed by atoms with Gasteiger partial charge in [0.15, 0.2) is 11.6 Å². The number of nitrogens with zero attached hydrogens (tertiary/aromatic N) is 2. The summed E-state index contributed by atoms with van der Waals surface area (Å²) in [6.45, 7) is 11.7. The minimum Gasteiger partial charge on any atom is -0.367 e. The summed E-state index contributed by atoms with van der Waals surface area (Å²) < 4.78 is 13.9. The Morgan fingerprint density at radius 1 is 1.22 bits per heavy atom. The highest BCUT2D eigenvalue weighted by Crippen LogP contribution is 2.68. The van der Waals surface area contributed by atoms with Crippen molar-refractivity contribution in [1.29, 1.82) is 0 Å². The second kappa shape index (κ2) is 4.18. The highest BCUT2D eigenvalue weighted by atomic mass is 19.1. The molecule has 1 saturated carbocycles. The fourth-order valence-electron chi connectivity index (χ4n) is 2.82. The van der Waals surface area contributed by atoms with Crippen LogP contribution in [-0.2, 0) is 6.42 Å². The van der Waals surface area contributed by atoms with Gasteiger partial charge >= 0.3 is 0 Å². The van der Waals surface area contributed by atoms with Crippen LogP contribution in [0.4, 0.5) is 10.2 Å². The number of hydrogen-bond acceptors (Lipinski definition) is 3. The molecule has 0 spiro atoms. The molecule has 0 bridgehead atoms. The van der Waals surface area contributed by atoms with E-state index in [9.17, 15) is 4.39 Å². The average molecular weight is 251 g/mol. The Morgan fingerprint density at radius 2 is 1.83 bits per heavy atom. The minimum atomic E-state index is -0.309. The highest BCUT2D eigenvalue weighted by molar-refractivity contribution is 5.38. The fraction of sp³-hybridized carbons (Fsp3) is 0.714. The molecule has 0 atom stereocenters. The first-order chi connectivity index (χ1) is 8.32. The molecule has 0 amide bonds. The number of aryl methyl sites for hydroxylation is 1. The normalized spacial score (nSPS) is 20.8. The first kappa shape index (κ1) is 13.2. The fourth-order valence-corrected chi connectivity index (χ4v) is 2.82. The molecule has 1 aliphatic rings. The van der Waals surface area contributed by atoms with E-state index >= 15 is 0 Å². The lowest BCUT2D eigenvalue weighted by Gasteiger charge is -2.09. The second-order valence-electron chi connectivity index (χ2n) is 6.21. The van der Waals surface area contributed by atoms with Gasteiger partial charge in [-0.3, -0.25) is 0 Å². The van der Waals surface area contributed by atoms with Crippen LogP contribution in [0.15, 0.2) is 6.33 Å². The van der Waals surface area contributed by atoms with E-state index in [0.717, 1.165) is 6.54 Å². The summed E-state index contributed by atoms with van der Waals surface area (Å²) in [7, 11) is 0. The Balaban J connectivity index is 2.05. The predicted molar refractivity (Wildman–Crippen MR) is 70.9 cm³/mol. The highest BCUT2D eigenvalue weighted by Gasteiger charge is 2.64. The van der Waals surface area contributed by atoms with Gasteiger partial charge in [0.2, 0.25) is 0 Å². The van der Waals surface area contributed by atoms with Crippen molar-refractivity contribution in [2.75, 3.05) is 11.9 Å². The lowest BCUT2D eigenvalue weighted by molar-refractivity contribution is 0.457. The van der Waals surface area contributed by atoms with E-state index in [2.05, 4.69) is 43.0 Å². The molecule has 0 saturated heterocycles. The van der Waals surface area contributed by atoms with Crippen LogP contribution in [0.2, 0.25) is 0 Å². The number of rotatable bonds is 4. The van der Waals surface area contributed by atoms with E-state index < -0.39 is 0 Å². The Labute approximate surface area is 108 Å². The van der Waals surface area contributed by atoms with E-state index in [0.29, 0.717) is 34.7 Å². The molecule has 1 N–H and O–H groups in total. The van der Waals surface area contributed by atoms with Crippen LogP contribution in [0.3, 0.4) is 0 Å². The van der Waals surface area contributed by atoms with Crippen molar-refractivity contribution in [2.24, 2.45) is 16.7 Å². The number of hydrogen-bond donors (Lipinski definition) is 1. The monoisotopic (exact) mass is 251 g/mol. The molecule has 1 heterocycles. The van der Waals surface area contributed by atoms with E-state index in [1.165, 1.54) is 6.33 Å². The molecular formula is C14H22FN3. The first-order valence-corrected chi connectivity index (χ1v) is 6.55. The Kier molecular flexibility index (Phi) is 3.07. The van der Waals surface area contributed by atoms with E-state index in [4.69, 9.17) is 0 Å². The number of anilines is 1. The van der Waals surface area contributed by atoms with Gasteiger partial charge in [-0.15, -0.1) is 0 Å². The zero-order valence-corrected chi connectivity index (χ0v) is 11.8. The van der Waals surface area contributed by atoms with Crippen LogP contribution in [0.25, 0.3) is 0 Å². The average Bonchev–Trinajstić information content (AvgIpc) is 2.69. The molecule has 0 radical (unpaired) electrons. The quantitative estimate of drug-likeness (QED) is 0.892. The number of nitrogens with one attached hydrogen (secondary N) is 1.